The Morgan fingerprint density at radius 2 is 1.82 bits per heavy atom. The number of halogens is 1. The van der Waals surface area contributed by atoms with Crippen LogP contribution in [0.4, 0.5) is 5.69 Å². The van der Waals surface area contributed by atoms with Crippen LogP contribution in [0.1, 0.15) is 31.2 Å². The molecule has 0 aromatic heterocycles. The Kier molecular flexibility index (Phi) is 7.96. The molecule has 0 saturated carbocycles. The van der Waals surface area contributed by atoms with Gasteiger partial charge in [0.25, 0.3) is 0 Å². The Morgan fingerprint density at radius 3 is 2.42 bits per heavy atom. The Morgan fingerprint density at radius 1 is 1.15 bits per heavy atom. The van der Waals surface area contributed by atoms with E-state index in [0.29, 0.717) is 10.7 Å². The Bertz CT molecular complexity index is 1160. The lowest BCUT2D eigenvalue weighted by Gasteiger charge is -2.44. The van der Waals surface area contributed by atoms with Crippen LogP contribution in [0.3, 0.4) is 0 Å². The summed E-state index contributed by atoms with van der Waals surface area (Å²) < 4.78 is 30.8. The molecule has 0 unspecified atom stereocenters. The van der Waals surface area contributed by atoms with Crippen LogP contribution >= 0.6 is 11.6 Å². The minimum Gasteiger partial charge on any atom is -0.381 e. The Balaban J connectivity index is 1.85. The molecule has 174 valence electrons. The summed E-state index contributed by atoms with van der Waals surface area (Å²) in [5, 5.41) is 0.404. The summed E-state index contributed by atoms with van der Waals surface area (Å²) in [6.45, 7) is 2.44. The van der Waals surface area contributed by atoms with Crippen LogP contribution in [0.25, 0.3) is 0 Å². The van der Waals surface area contributed by atoms with Gasteiger partial charge in [-0.2, -0.15) is 0 Å². The summed E-state index contributed by atoms with van der Waals surface area (Å²) in [6, 6.07) is 13.2. The number of sulfone groups is 1. The number of ether oxygens (including phenoxy) is 1. The van der Waals surface area contributed by atoms with E-state index in [1.807, 2.05) is 6.92 Å². The van der Waals surface area contributed by atoms with Crippen LogP contribution in [-0.2, 0) is 24.2 Å². The molecule has 0 bridgehead atoms. The van der Waals surface area contributed by atoms with Gasteiger partial charge in [-0.25, -0.2) is 8.42 Å². The average molecular weight is 488 g/mol. The zero-order valence-electron chi connectivity index (χ0n) is 18.4. The number of terminal acetylenes is 1. The van der Waals surface area contributed by atoms with Gasteiger partial charge >= 0.3 is 5.91 Å². The number of hydrogen-bond acceptors (Lipinski definition) is 5. The second-order valence-corrected chi connectivity index (χ2v) is 10.6. The zero-order chi connectivity index (χ0) is 24.1. The average Bonchev–Trinajstić information content (AvgIpc) is 2.80. The molecule has 1 fully saturated rings. The van der Waals surface area contributed by atoms with Gasteiger partial charge in [0.15, 0.2) is 15.6 Å². The van der Waals surface area contributed by atoms with Crippen LogP contribution in [0.15, 0.2) is 53.4 Å². The molecular formula is C25H26ClNO5S. The molecule has 1 aliphatic rings. The normalized spacial score (nSPS) is 15.4. The first-order chi connectivity index (χ1) is 15.7. The van der Waals surface area contributed by atoms with E-state index in [2.05, 4.69) is 5.92 Å². The third-order valence-corrected chi connectivity index (χ3v) is 7.91. The summed E-state index contributed by atoms with van der Waals surface area (Å²) in [5.74, 6) is 1.05. The number of ketones is 1. The summed E-state index contributed by atoms with van der Waals surface area (Å²) in [5.41, 5.74) is 0.165. The topological polar surface area (TPSA) is 80.8 Å². The van der Waals surface area contributed by atoms with Crippen molar-refractivity contribution in [2.75, 3.05) is 23.9 Å². The molecule has 1 heterocycles. The highest BCUT2D eigenvalue weighted by molar-refractivity contribution is 7.91. The molecule has 2 aromatic carbocycles. The van der Waals surface area contributed by atoms with Gasteiger partial charge in [-0.3, -0.25) is 14.5 Å². The van der Waals surface area contributed by atoms with Crippen molar-refractivity contribution in [2.45, 2.75) is 43.0 Å². The minimum atomic E-state index is -3.53. The summed E-state index contributed by atoms with van der Waals surface area (Å²) >= 11 is 6.14. The van der Waals surface area contributed by atoms with Crippen molar-refractivity contribution in [2.24, 2.45) is 0 Å². The first-order valence-corrected chi connectivity index (χ1v) is 12.7. The predicted octanol–water partition coefficient (Wildman–Crippen LogP) is 3.99. The van der Waals surface area contributed by atoms with E-state index < -0.39 is 21.3 Å². The largest absolute Gasteiger partial charge is 0.381 e. The molecule has 0 radical (unpaired) electrons. The van der Waals surface area contributed by atoms with Crippen molar-refractivity contribution in [3.63, 3.8) is 0 Å². The smallest absolute Gasteiger partial charge is 0.303 e. The summed E-state index contributed by atoms with van der Waals surface area (Å²) in [7, 11) is -3.53. The molecule has 2 aromatic rings. The van der Waals surface area contributed by atoms with E-state index in [-0.39, 0.29) is 55.3 Å². The first-order valence-electron chi connectivity index (χ1n) is 10.7. The van der Waals surface area contributed by atoms with E-state index in [0.717, 1.165) is 5.56 Å². The lowest BCUT2D eigenvalue weighted by atomic mass is 9.81. The number of hydrogen-bond donors (Lipinski definition) is 0. The molecule has 6 nitrogen and oxygen atoms in total. The number of amides is 1. The summed E-state index contributed by atoms with van der Waals surface area (Å²) in [6.07, 6.45) is 6.09. The highest BCUT2D eigenvalue weighted by Gasteiger charge is 2.47. The van der Waals surface area contributed by atoms with Gasteiger partial charge in [0, 0.05) is 43.2 Å². The molecule has 0 atom stereocenters. The number of anilines is 1. The highest BCUT2D eigenvalue weighted by atomic mass is 35.5. The lowest BCUT2D eigenvalue weighted by molar-refractivity contribution is -0.131. The molecule has 8 heteroatoms. The molecule has 0 aliphatic carbocycles. The second-order valence-electron chi connectivity index (χ2n) is 8.07. The van der Waals surface area contributed by atoms with Gasteiger partial charge in [0.2, 0.25) is 0 Å². The molecule has 1 amide bonds. The number of Topliss-reactive ketones (excluding diaryl/α,β-unsaturated/α-hetero) is 1. The zero-order valence-corrected chi connectivity index (χ0v) is 20.0. The second kappa shape index (κ2) is 10.5. The fraction of sp³-hybridized carbons (Fsp3) is 0.360. The maximum Gasteiger partial charge on any atom is 0.303 e. The Hall–Kier alpha value is -2.66. The highest BCUT2D eigenvalue weighted by Crippen LogP contribution is 2.36. The monoisotopic (exact) mass is 487 g/mol. The third-order valence-electron chi connectivity index (χ3n) is 5.86. The molecule has 0 spiro atoms. The number of carbonyl (C=O) groups excluding carboxylic acids is 2. The van der Waals surface area contributed by atoms with E-state index in [9.17, 15) is 18.0 Å². The third kappa shape index (κ3) is 5.64. The number of nitrogens with zero attached hydrogens (tertiary/aromatic N) is 1. The van der Waals surface area contributed by atoms with Crippen molar-refractivity contribution >= 4 is 38.8 Å². The van der Waals surface area contributed by atoms with E-state index in [4.69, 9.17) is 22.8 Å². The van der Waals surface area contributed by atoms with Crippen LogP contribution < -0.4 is 4.90 Å². The molecule has 3 rings (SSSR count). The van der Waals surface area contributed by atoms with Crippen molar-refractivity contribution < 1.29 is 22.7 Å². The van der Waals surface area contributed by atoms with E-state index >= 15 is 0 Å². The van der Waals surface area contributed by atoms with Crippen LogP contribution in [0.5, 0.6) is 0 Å². The number of benzene rings is 2. The maximum atomic E-state index is 13.6. The van der Waals surface area contributed by atoms with Crippen molar-refractivity contribution in [3.05, 3.63) is 59.1 Å². The Labute approximate surface area is 199 Å². The number of aryl methyl sites for hydroxylation is 1. The number of carbonyl (C=O) groups is 2. The van der Waals surface area contributed by atoms with Gasteiger partial charge in [-0.1, -0.05) is 35.4 Å². The van der Waals surface area contributed by atoms with Crippen LogP contribution in [0.2, 0.25) is 5.02 Å². The maximum absolute atomic E-state index is 13.6. The SMILES string of the molecule is C#CC(=O)N(c1cccc(Cl)c1)C1(C(=O)CCCS(=O)(=O)c2ccc(C)cc2)CCOCC1. The molecule has 33 heavy (non-hydrogen) atoms. The minimum absolute atomic E-state index is 0.0139. The van der Waals surface area contributed by atoms with Gasteiger partial charge in [0.05, 0.1) is 10.6 Å². The first kappa shape index (κ1) is 25.0. The predicted molar refractivity (Wildman–Crippen MR) is 128 cm³/mol. The van der Waals surface area contributed by atoms with Gasteiger partial charge in [-0.15, -0.1) is 6.42 Å². The molecule has 1 aliphatic heterocycles. The quantitative estimate of drug-likeness (QED) is 0.526. The van der Waals surface area contributed by atoms with Crippen LogP contribution in [-0.4, -0.2) is 44.6 Å². The van der Waals surface area contributed by atoms with E-state index in [1.54, 1.807) is 48.5 Å². The standard InChI is InChI=1S/C25H26ClNO5S/c1-3-24(29)27(21-7-4-6-20(26)18-21)25(13-15-32-16-14-25)23(28)8-5-17-33(30,31)22-11-9-19(2)10-12-22/h1,4,6-7,9-12,18H,5,8,13-17H2,2H3. The van der Waals surface area contributed by atoms with Gasteiger partial charge < -0.3 is 4.74 Å². The fourth-order valence-electron chi connectivity index (χ4n) is 4.09. The lowest BCUT2D eigenvalue weighted by Crippen LogP contribution is -2.60. The van der Waals surface area contributed by atoms with Crippen molar-refractivity contribution in [1.82, 2.24) is 0 Å². The van der Waals surface area contributed by atoms with Crippen molar-refractivity contribution in [3.8, 4) is 12.3 Å². The van der Waals surface area contributed by atoms with Gasteiger partial charge in [-0.05, 0) is 49.6 Å². The molecule has 1 saturated heterocycles. The van der Waals surface area contributed by atoms with E-state index in [1.165, 1.54) is 4.90 Å². The van der Waals surface area contributed by atoms with Crippen LogP contribution in [0, 0.1) is 19.3 Å². The fourth-order valence-corrected chi connectivity index (χ4v) is 5.59. The van der Waals surface area contributed by atoms with Crippen molar-refractivity contribution in [1.29, 1.82) is 0 Å². The molecule has 0 N–H and O–H groups in total. The van der Waals surface area contributed by atoms with Gasteiger partial charge in [0.1, 0.15) is 5.54 Å². The summed E-state index contributed by atoms with van der Waals surface area (Å²) in [4.78, 5) is 28.0. The number of rotatable bonds is 8. The molecular weight excluding hydrogens is 462 g/mol.